The summed E-state index contributed by atoms with van der Waals surface area (Å²) in [7, 11) is 3.42. The van der Waals surface area contributed by atoms with Crippen LogP contribution in [-0.4, -0.2) is 63.4 Å². The van der Waals surface area contributed by atoms with Crippen molar-refractivity contribution < 1.29 is 34.4 Å². The zero-order valence-electron chi connectivity index (χ0n) is 20.5. The Bertz CT molecular complexity index is 1380. The van der Waals surface area contributed by atoms with E-state index in [1.165, 1.54) is 6.07 Å². The molecule has 3 aliphatic rings. The number of aliphatic hydroxyl groups excluding tert-OH is 1. The zero-order valence-corrected chi connectivity index (χ0v) is 20.5. The van der Waals surface area contributed by atoms with Gasteiger partial charge in [0.2, 0.25) is 5.78 Å². The Morgan fingerprint density at radius 3 is 2.46 bits per heavy atom. The summed E-state index contributed by atoms with van der Waals surface area (Å²) in [6.07, 6.45) is 0.470. The Balaban J connectivity index is 1.66. The number of likely N-dealkylation sites (N-methyl/N-ethyl adjacent to an activating group) is 1. The van der Waals surface area contributed by atoms with E-state index in [0.717, 1.165) is 5.56 Å². The van der Waals surface area contributed by atoms with Crippen LogP contribution in [0.5, 0.6) is 5.75 Å². The van der Waals surface area contributed by atoms with Gasteiger partial charge in [0.05, 0.1) is 11.6 Å². The van der Waals surface area contributed by atoms with E-state index in [0.29, 0.717) is 12.0 Å². The third kappa shape index (κ3) is 3.65. The molecule has 0 heterocycles. The van der Waals surface area contributed by atoms with E-state index in [-0.39, 0.29) is 35.7 Å². The summed E-state index contributed by atoms with van der Waals surface area (Å²) in [5, 5.41) is 33.6. The molecule has 0 saturated carbocycles. The maximum Gasteiger partial charge on any atom is 0.255 e. The van der Waals surface area contributed by atoms with Crippen LogP contribution < -0.4 is 5.73 Å². The lowest BCUT2D eigenvalue weighted by atomic mass is 9.58. The van der Waals surface area contributed by atoms with Crippen LogP contribution in [0.1, 0.15) is 27.9 Å². The van der Waals surface area contributed by atoms with Gasteiger partial charge in [-0.15, -0.1) is 0 Å². The Hall–Kier alpha value is -3.95. The van der Waals surface area contributed by atoms with Crippen molar-refractivity contribution >= 4 is 17.5 Å². The van der Waals surface area contributed by atoms with Crippen LogP contribution in [-0.2, 0) is 27.4 Å². The number of benzene rings is 2. The number of hydrogen-bond donors (Lipinski definition) is 4. The molecular weight excluding hydrogens is 476 g/mol. The number of amides is 1. The van der Waals surface area contributed by atoms with E-state index in [9.17, 15) is 29.7 Å². The number of rotatable bonds is 5. The van der Waals surface area contributed by atoms with Gasteiger partial charge in [0, 0.05) is 11.5 Å². The van der Waals surface area contributed by atoms with Gasteiger partial charge < -0.3 is 25.8 Å². The maximum absolute atomic E-state index is 13.8. The van der Waals surface area contributed by atoms with E-state index in [4.69, 9.17) is 10.5 Å². The summed E-state index contributed by atoms with van der Waals surface area (Å²) in [5.41, 5.74) is 3.83. The molecule has 0 aliphatic heterocycles. The minimum Gasteiger partial charge on any atom is -0.508 e. The number of carbonyl (C=O) groups excluding carboxylic acids is 3. The van der Waals surface area contributed by atoms with E-state index >= 15 is 0 Å². The van der Waals surface area contributed by atoms with Crippen molar-refractivity contribution in [3.8, 4) is 5.75 Å². The number of nitrogens with two attached hydrogens (primary N) is 1. The molecule has 1 unspecified atom stereocenters. The first-order valence-electron chi connectivity index (χ1n) is 12.0. The van der Waals surface area contributed by atoms with Crippen molar-refractivity contribution in [1.82, 2.24) is 4.90 Å². The molecule has 192 valence electrons. The summed E-state index contributed by atoms with van der Waals surface area (Å²) in [6.45, 7) is 0.0529. The SMILES string of the molecule is CN(C)[C@@H]1C(OCc2ccccc2)=C(C(N)=O)C(=O)C2(O)C(O)=C3C(=O)c4c(O)cccc4C[C@H]3C[C@@H]12. The highest BCUT2D eigenvalue weighted by Crippen LogP contribution is 2.52. The molecule has 5 N–H and O–H groups in total. The van der Waals surface area contributed by atoms with Crippen molar-refractivity contribution in [1.29, 1.82) is 0 Å². The molecule has 4 atom stereocenters. The molecule has 3 aliphatic carbocycles. The first-order valence-corrected chi connectivity index (χ1v) is 12.0. The van der Waals surface area contributed by atoms with E-state index in [1.54, 1.807) is 31.1 Å². The summed E-state index contributed by atoms with van der Waals surface area (Å²) in [4.78, 5) is 41.4. The Labute approximate surface area is 213 Å². The number of allylic oxidation sites excluding steroid dienone is 1. The van der Waals surface area contributed by atoms with Crippen molar-refractivity contribution in [3.63, 3.8) is 0 Å². The molecule has 2 aromatic rings. The van der Waals surface area contributed by atoms with Gasteiger partial charge in [0.25, 0.3) is 5.91 Å². The van der Waals surface area contributed by atoms with Gasteiger partial charge in [-0.2, -0.15) is 0 Å². The van der Waals surface area contributed by atoms with Crippen molar-refractivity contribution in [2.24, 2.45) is 17.6 Å². The molecule has 0 saturated heterocycles. The number of Topliss-reactive ketones (excluding diaryl/α,β-unsaturated/α-hetero) is 2. The summed E-state index contributed by atoms with van der Waals surface area (Å²) in [6, 6.07) is 13.1. The third-order valence-corrected chi connectivity index (χ3v) is 7.68. The molecule has 0 spiro atoms. The Morgan fingerprint density at radius 1 is 1.11 bits per heavy atom. The molecule has 9 heteroatoms. The molecule has 1 amide bonds. The zero-order chi connectivity index (χ0) is 26.6. The number of ether oxygens (including phenoxy) is 1. The largest absolute Gasteiger partial charge is 0.508 e. The number of ketones is 2. The number of primary amides is 1. The lowest BCUT2D eigenvalue weighted by molar-refractivity contribution is -0.149. The summed E-state index contributed by atoms with van der Waals surface area (Å²) < 4.78 is 6.05. The van der Waals surface area contributed by atoms with E-state index in [2.05, 4.69) is 0 Å². The number of carbonyl (C=O) groups is 3. The predicted molar refractivity (Wildman–Crippen MR) is 132 cm³/mol. The highest BCUT2D eigenvalue weighted by atomic mass is 16.5. The average Bonchev–Trinajstić information content (AvgIpc) is 2.85. The highest BCUT2D eigenvalue weighted by molar-refractivity contribution is 6.24. The van der Waals surface area contributed by atoms with Gasteiger partial charge in [-0.05, 0) is 50.0 Å². The fourth-order valence-electron chi connectivity index (χ4n) is 6.05. The maximum atomic E-state index is 13.8. The summed E-state index contributed by atoms with van der Waals surface area (Å²) in [5.74, 6) is -5.35. The van der Waals surface area contributed by atoms with Crippen LogP contribution in [0, 0.1) is 11.8 Å². The number of fused-ring (bicyclic) bond motifs is 3. The molecule has 37 heavy (non-hydrogen) atoms. The molecule has 2 aromatic carbocycles. The fourth-order valence-corrected chi connectivity index (χ4v) is 6.05. The van der Waals surface area contributed by atoms with Crippen LogP contribution in [0.25, 0.3) is 0 Å². The Kier molecular flexibility index (Phi) is 5.92. The van der Waals surface area contributed by atoms with Crippen molar-refractivity contribution in [3.05, 3.63) is 87.9 Å². The second kappa shape index (κ2) is 8.86. The molecular formula is C28H28N2O7. The number of phenolic OH excluding ortho intramolecular Hbond substituents is 1. The fraction of sp³-hybridized carbons (Fsp3) is 0.321. The van der Waals surface area contributed by atoms with Crippen LogP contribution >= 0.6 is 0 Å². The second-order valence-corrected chi connectivity index (χ2v) is 10.0. The van der Waals surface area contributed by atoms with Gasteiger partial charge in [0.1, 0.15) is 29.4 Å². The first kappa shape index (κ1) is 24.7. The number of nitrogens with zero attached hydrogens (tertiary/aromatic N) is 1. The average molecular weight is 505 g/mol. The van der Waals surface area contributed by atoms with Gasteiger partial charge in [-0.25, -0.2) is 0 Å². The lowest BCUT2D eigenvalue weighted by Crippen LogP contribution is -2.64. The minimum absolute atomic E-state index is 0.0254. The second-order valence-electron chi connectivity index (χ2n) is 10.0. The molecule has 0 radical (unpaired) electrons. The van der Waals surface area contributed by atoms with Crippen molar-refractivity contribution in [2.75, 3.05) is 14.1 Å². The molecule has 0 aromatic heterocycles. The quantitative estimate of drug-likeness (QED) is 0.450. The Morgan fingerprint density at radius 2 is 1.81 bits per heavy atom. The van der Waals surface area contributed by atoms with Crippen LogP contribution in [0.3, 0.4) is 0 Å². The van der Waals surface area contributed by atoms with Gasteiger partial charge >= 0.3 is 0 Å². The van der Waals surface area contributed by atoms with Crippen molar-refractivity contribution in [2.45, 2.75) is 31.1 Å². The minimum atomic E-state index is -2.57. The standard InChI is InChI=1S/C28H28N2O7/c1-30(2)22-17-12-16-11-15-9-6-10-18(31)19(15)23(32)20(16)25(33)28(17,36)26(34)21(27(29)35)24(22)37-13-14-7-4-3-5-8-14/h3-10,16-17,22,31,33,36H,11-13H2,1-2H3,(H2,29,35)/t16-,17-,22-,28?/m0/s1. The number of aliphatic hydroxyl groups is 2. The molecule has 5 rings (SSSR count). The smallest absolute Gasteiger partial charge is 0.255 e. The molecule has 9 nitrogen and oxygen atoms in total. The van der Waals surface area contributed by atoms with Crippen LogP contribution in [0.2, 0.25) is 0 Å². The first-order chi connectivity index (χ1) is 17.6. The number of phenols is 1. The third-order valence-electron chi connectivity index (χ3n) is 7.68. The topological polar surface area (TPSA) is 150 Å². The van der Waals surface area contributed by atoms with E-state index in [1.807, 2.05) is 30.3 Å². The number of hydrogen-bond acceptors (Lipinski definition) is 8. The van der Waals surface area contributed by atoms with Gasteiger partial charge in [-0.1, -0.05) is 42.5 Å². The normalized spacial score (nSPS) is 27.1. The lowest BCUT2D eigenvalue weighted by Gasteiger charge is -2.50. The monoisotopic (exact) mass is 504 g/mol. The van der Waals surface area contributed by atoms with Gasteiger partial charge in [-0.3, -0.25) is 19.3 Å². The van der Waals surface area contributed by atoms with Gasteiger partial charge in [0.15, 0.2) is 11.4 Å². The van der Waals surface area contributed by atoms with Crippen LogP contribution in [0.15, 0.2) is 71.2 Å². The highest BCUT2D eigenvalue weighted by Gasteiger charge is 2.63. The molecule has 0 bridgehead atoms. The molecule has 0 fully saturated rings. The summed E-state index contributed by atoms with van der Waals surface area (Å²) >= 11 is 0. The van der Waals surface area contributed by atoms with E-state index < -0.39 is 52.3 Å². The number of aromatic hydroxyl groups is 1. The predicted octanol–water partition coefficient (Wildman–Crippen LogP) is 1.78. The van der Waals surface area contributed by atoms with Crippen LogP contribution in [0.4, 0.5) is 0 Å².